The summed E-state index contributed by atoms with van der Waals surface area (Å²) in [5.74, 6) is 0.0992. The van der Waals surface area contributed by atoms with Crippen molar-refractivity contribution < 1.29 is 9.53 Å². The van der Waals surface area contributed by atoms with Gasteiger partial charge in [-0.2, -0.15) is 0 Å². The molecule has 0 spiro atoms. The monoisotopic (exact) mass is 400 g/mol. The third-order valence-corrected chi connectivity index (χ3v) is 4.93. The Bertz CT molecular complexity index is 1030. The van der Waals surface area contributed by atoms with Gasteiger partial charge in [-0.15, -0.1) is 6.58 Å². The molecular formula is C20H17ClN2O3S. The molecule has 138 valence electrons. The van der Waals surface area contributed by atoms with Crippen LogP contribution in [0.3, 0.4) is 0 Å². The van der Waals surface area contributed by atoms with Crippen LogP contribution < -0.4 is 5.56 Å². The average molecular weight is 401 g/mol. The Morgan fingerprint density at radius 1 is 1.26 bits per heavy atom. The first kappa shape index (κ1) is 19.2. The molecule has 0 aliphatic heterocycles. The molecule has 0 saturated carbocycles. The highest BCUT2D eigenvalue weighted by molar-refractivity contribution is 7.99. The molecule has 0 fully saturated rings. The number of carbonyl (C=O) groups excluding carboxylic acids is 1. The third-order valence-electron chi connectivity index (χ3n) is 3.75. The van der Waals surface area contributed by atoms with E-state index in [9.17, 15) is 9.59 Å². The maximum atomic E-state index is 12.7. The normalized spacial score (nSPS) is 10.7. The van der Waals surface area contributed by atoms with E-state index in [1.54, 1.807) is 48.5 Å². The smallest absolute Gasteiger partial charge is 0.338 e. The van der Waals surface area contributed by atoms with E-state index in [1.807, 2.05) is 6.07 Å². The van der Waals surface area contributed by atoms with Crippen LogP contribution in [0.2, 0.25) is 5.02 Å². The summed E-state index contributed by atoms with van der Waals surface area (Å²) in [6.45, 7) is 4.24. The number of fused-ring (bicyclic) bond motifs is 1. The van der Waals surface area contributed by atoms with Crippen LogP contribution >= 0.6 is 23.4 Å². The highest BCUT2D eigenvalue weighted by Crippen LogP contribution is 2.20. The number of aromatic nitrogens is 2. The number of benzene rings is 2. The Hall–Kier alpha value is -2.57. The molecule has 0 aliphatic rings. The summed E-state index contributed by atoms with van der Waals surface area (Å²) in [6, 6.07) is 13.8. The average Bonchev–Trinajstić information content (AvgIpc) is 2.69. The Morgan fingerprint density at radius 3 is 2.78 bits per heavy atom. The number of carbonyl (C=O) groups is 1. The Morgan fingerprint density at radius 2 is 2.04 bits per heavy atom. The second-order valence-electron chi connectivity index (χ2n) is 5.61. The second kappa shape index (κ2) is 8.88. The zero-order valence-corrected chi connectivity index (χ0v) is 16.0. The van der Waals surface area contributed by atoms with Gasteiger partial charge in [0.2, 0.25) is 0 Å². The van der Waals surface area contributed by atoms with Gasteiger partial charge in [0.15, 0.2) is 5.16 Å². The molecule has 0 unspecified atom stereocenters. The molecule has 0 aliphatic carbocycles. The predicted octanol–water partition coefficient (Wildman–Crippen LogP) is 4.19. The first-order valence-electron chi connectivity index (χ1n) is 8.26. The number of hydrogen-bond donors (Lipinski definition) is 0. The van der Waals surface area contributed by atoms with Crippen LogP contribution in [0.25, 0.3) is 10.9 Å². The molecule has 0 N–H and O–H groups in total. The lowest BCUT2D eigenvalue weighted by atomic mass is 10.2. The molecular weight excluding hydrogens is 384 g/mol. The molecule has 27 heavy (non-hydrogen) atoms. The predicted molar refractivity (Wildman–Crippen MR) is 109 cm³/mol. The van der Waals surface area contributed by atoms with E-state index in [2.05, 4.69) is 11.6 Å². The summed E-state index contributed by atoms with van der Waals surface area (Å²) in [7, 11) is 0. The molecule has 0 amide bonds. The van der Waals surface area contributed by atoms with Crippen LogP contribution in [0.1, 0.15) is 10.4 Å². The summed E-state index contributed by atoms with van der Waals surface area (Å²) in [6.07, 6.45) is 1.64. The first-order chi connectivity index (χ1) is 13.1. The van der Waals surface area contributed by atoms with Crippen molar-refractivity contribution in [1.82, 2.24) is 9.55 Å². The number of nitrogens with zero attached hydrogens (tertiary/aromatic N) is 2. The minimum absolute atomic E-state index is 0.175. The van der Waals surface area contributed by atoms with E-state index >= 15 is 0 Å². The summed E-state index contributed by atoms with van der Waals surface area (Å²) >= 11 is 7.34. The van der Waals surface area contributed by atoms with Gasteiger partial charge in [-0.1, -0.05) is 47.6 Å². The van der Waals surface area contributed by atoms with Crippen molar-refractivity contribution in [3.63, 3.8) is 0 Å². The van der Waals surface area contributed by atoms with Gasteiger partial charge in [-0.05, 0) is 30.3 Å². The van der Waals surface area contributed by atoms with Crippen LogP contribution in [0.4, 0.5) is 0 Å². The molecule has 0 saturated heterocycles. The largest absolute Gasteiger partial charge is 0.461 e. The highest BCUT2D eigenvalue weighted by Gasteiger charge is 2.12. The number of allylic oxidation sites excluding steroid dienone is 1. The third kappa shape index (κ3) is 4.59. The minimum Gasteiger partial charge on any atom is -0.461 e. The molecule has 3 aromatic rings. The lowest BCUT2D eigenvalue weighted by molar-refractivity contribution is 0.0530. The number of esters is 1. The Labute approximate surface area is 165 Å². The van der Waals surface area contributed by atoms with Crippen LogP contribution in [-0.4, -0.2) is 27.9 Å². The topological polar surface area (TPSA) is 61.2 Å². The van der Waals surface area contributed by atoms with Gasteiger partial charge >= 0.3 is 5.97 Å². The Kier molecular flexibility index (Phi) is 6.32. The second-order valence-corrected chi connectivity index (χ2v) is 7.11. The molecule has 0 atom stereocenters. The fourth-order valence-electron chi connectivity index (χ4n) is 2.50. The van der Waals surface area contributed by atoms with Crippen LogP contribution in [0.15, 0.2) is 71.1 Å². The van der Waals surface area contributed by atoms with Gasteiger partial charge < -0.3 is 4.74 Å². The van der Waals surface area contributed by atoms with Crippen molar-refractivity contribution >= 4 is 40.2 Å². The number of thioether (sulfide) groups is 1. The van der Waals surface area contributed by atoms with Gasteiger partial charge in [-0.25, -0.2) is 9.78 Å². The summed E-state index contributed by atoms with van der Waals surface area (Å²) in [5.41, 5.74) is 0.909. The molecule has 2 aromatic carbocycles. The van der Waals surface area contributed by atoms with Crippen molar-refractivity contribution in [3.8, 4) is 0 Å². The van der Waals surface area contributed by atoms with E-state index in [4.69, 9.17) is 16.3 Å². The van der Waals surface area contributed by atoms with Crippen LogP contribution in [0, 0.1) is 0 Å². The van der Waals surface area contributed by atoms with E-state index in [0.29, 0.717) is 38.9 Å². The highest BCUT2D eigenvalue weighted by atomic mass is 35.5. The van der Waals surface area contributed by atoms with E-state index in [1.165, 1.54) is 16.3 Å². The van der Waals surface area contributed by atoms with Crippen LogP contribution in [0.5, 0.6) is 0 Å². The minimum atomic E-state index is -0.374. The summed E-state index contributed by atoms with van der Waals surface area (Å²) in [5, 5.41) is 1.49. The number of ether oxygens (including phenoxy) is 1. The maximum absolute atomic E-state index is 12.7. The van der Waals surface area contributed by atoms with E-state index < -0.39 is 0 Å². The maximum Gasteiger partial charge on any atom is 0.338 e. The van der Waals surface area contributed by atoms with Gasteiger partial charge in [0.05, 0.1) is 16.5 Å². The molecule has 3 rings (SSSR count). The fraction of sp³-hybridized carbons (Fsp3) is 0.150. The molecule has 0 radical (unpaired) electrons. The molecule has 0 bridgehead atoms. The number of hydrogen-bond acceptors (Lipinski definition) is 5. The first-order valence-corrected chi connectivity index (χ1v) is 9.62. The zero-order valence-electron chi connectivity index (χ0n) is 14.4. The summed E-state index contributed by atoms with van der Waals surface area (Å²) < 4.78 is 6.81. The summed E-state index contributed by atoms with van der Waals surface area (Å²) in [4.78, 5) is 29.2. The molecule has 7 heteroatoms. The quantitative estimate of drug-likeness (QED) is 0.196. The van der Waals surface area contributed by atoms with Crippen molar-refractivity contribution in [2.45, 2.75) is 11.7 Å². The lowest BCUT2D eigenvalue weighted by Crippen LogP contribution is -2.23. The van der Waals surface area contributed by atoms with E-state index in [-0.39, 0.29) is 18.1 Å². The molecule has 5 nitrogen and oxygen atoms in total. The number of rotatable bonds is 7. The van der Waals surface area contributed by atoms with Gasteiger partial charge in [0.25, 0.3) is 5.56 Å². The zero-order chi connectivity index (χ0) is 19.2. The molecule has 1 aromatic heterocycles. The van der Waals surface area contributed by atoms with Crippen molar-refractivity contribution in [1.29, 1.82) is 0 Å². The van der Waals surface area contributed by atoms with Crippen molar-refractivity contribution in [3.05, 3.63) is 82.1 Å². The van der Waals surface area contributed by atoms with Crippen LogP contribution in [-0.2, 0) is 11.3 Å². The lowest BCUT2D eigenvalue weighted by Gasteiger charge is -2.11. The van der Waals surface area contributed by atoms with Crippen molar-refractivity contribution in [2.24, 2.45) is 0 Å². The van der Waals surface area contributed by atoms with Crippen molar-refractivity contribution in [2.75, 3.05) is 12.4 Å². The van der Waals surface area contributed by atoms with Gasteiger partial charge in [-0.3, -0.25) is 9.36 Å². The number of halogens is 1. The SMILES string of the molecule is C=CCn1c(SCCOC(=O)c2ccccc2)nc2ccc(Cl)cc2c1=O. The van der Waals surface area contributed by atoms with E-state index in [0.717, 1.165) is 0 Å². The Balaban J connectivity index is 1.73. The standard InChI is InChI=1S/C20H17ClN2O3S/c1-2-10-23-18(24)16-13-15(21)8-9-17(16)22-20(23)27-12-11-26-19(25)14-6-4-3-5-7-14/h2-9,13H,1,10-12H2. The van der Waals surface area contributed by atoms with Gasteiger partial charge in [0, 0.05) is 17.3 Å². The fourth-order valence-corrected chi connectivity index (χ4v) is 3.50. The molecule has 1 heterocycles. The van der Waals surface area contributed by atoms with Gasteiger partial charge in [0.1, 0.15) is 6.61 Å².